The van der Waals surface area contributed by atoms with Crippen molar-refractivity contribution in [1.29, 1.82) is 0 Å². The molecule has 1 aromatic rings. The molecule has 1 unspecified atom stereocenters. The Morgan fingerprint density at radius 1 is 0.905 bits per heavy atom. The van der Waals surface area contributed by atoms with Crippen LogP contribution in [-0.2, 0) is 4.74 Å². The fourth-order valence-electron chi connectivity index (χ4n) is 2.36. The van der Waals surface area contributed by atoms with Gasteiger partial charge in [0.2, 0.25) is 0 Å². The highest BCUT2D eigenvalue weighted by molar-refractivity contribution is 5.21. The Kier molecular flexibility index (Phi) is 9.11. The van der Waals surface area contributed by atoms with E-state index in [0.29, 0.717) is 18.8 Å². The zero-order valence-corrected chi connectivity index (χ0v) is 13.5. The Morgan fingerprint density at radius 2 is 1.52 bits per heavy atom. The zero-order chi connectivity index (χ0) is 15.4. The molecule has 0 aliphatic carbocycles. The largest absolute Gasteiger partial charge is 0.439 e. The van der Waals surface area contributed by atoms with Gasteiger partial charge in [-0.3, -0.25) is 0 Å². The number of aliphatic hydroxyl groups is 1. The maximum absolute atomic E-state index is 10.5. The number of rotatable bonds is 12. The first-order chi connectivity index (χ1) is 10.2. The van der Waals surface area contributed by atoms with Crippen LogP contribution in [0, 0.1) is 0 Å². The van der Waals surface area contributed by atoms with Gasteiger partial charge in [0.05, 0.1) is 6.61 Å². The van der Waals surface area contributed by atoms with Gasteiger partial charge in [0.1, 0.15) is 5.75 Å². The summed E-state index contributed by atoms with van der Waals surface area (Å²) in [5.41, 5.74) is 0. The summed E-state index contributed by atoms with van der Waals surface area (Å²) in [6, 6.07) is 9.34. The van der Waals surface area contributed by atoms with Gasteiger partial charge in [0.15, 0.2) is 0 Å². The molecule has 0 heterocycles. The van der Waals surface area contributed by atoms with Gasteiger partial charge in [-0.05, 0) is 25.5 Å². The molecule has 0 bridgehead atoms. The van der Waals surface area contributed by atoms with E-state index in [4.69, 9.17) is 9.47 Å². The van der Waals surface area contributed by atoms with Crippen molar-refractivity contribution in [2.75, 3.05) is 6.61 Å². The first kappa shape index (κ1) is 18.0. The summed E-state index contributed by atoms with van der Waals surface area (Å²) >= 11 is 0. The maximum atomic E-state index is 10.5. The topological polar surface area (TPSA) is 38.7 Å². The van der Waals surface area contributed by atoms with E-state index >= 15 is 0 Å². The van der Waals surface area contributed by atoms with Crippen LogP contribution in [0.5, 0.6) is 5.75 Å². The van der Waals surface area contributed by atoms with Crippen molar-refractivity contribution in [2.45, 2.75) is 71.2 Å². The molecule has 120 valence electrons. The predicted octanol–water partition coefficient (Wildman–Crippen LogP) is 4.89. The molecule has 1 atom stereocenters. The van der Waals surface area contributed by atoms with Gasteiger partial charge in [0, 0.05) is 6.42 Å². The van der Waals surface area contributed by atoms with Crippen LogP contribution in [0.4, 0.5) is 0 Å². The molecule has 0 aliphatic rings. The molecular weight excluding hydrogens is 264 g/mol. The molecule has 0 aliphatic heterocycles. The number of hydrogen-bond donors (Lipinski definition) is 1. The molecule has 1 rings (SSSR count). The van der Waals surface area contributed by atoms with Crippen molar-refractivity contribution in [3.8, 4) is 5.75 Å². The fraction of sp³-hybridized carbons (Fsp3) is 0.667. The number of hydrogen-bond acceptors (Lipinski definition) is 3. The molecule has 0 amide bonds. The first-order valence-electron chi connectivity index (χ1n) is 8.30. The lowest BCUT2D eigenvalue weighted by Gasteiger charge is -2.28. The second-order valence-corrected chi connectivity index (χ2v) is 5.43. The summed E-state index contributed by atoms with van der Waals surface area (Å²) in [7, 11) is 0. The Bertz CT molecular complexity index is 353. The molecular formula is C18H30O3. The van der Waals surface area contributed by atoms with E-state index in [1.165, 1.54) is 32.1 Å². The summed E-state index contributed by atoms with van der Waals surface area (Å²) in [6.45, 7) is 4.52. The van der Waals surface area contributed by atoms with Crippen LogP contribution in [0.1, 0.15) is 65.2 Å². The van der Waals surface area contributed by atoms with Crippen LogP contribution in [0.3, 0.4) is 0 Å². The summed E-state index contributed by atoms with van der Waals surface area (Å²) in [4.78, 5) is 0. The third kappa shape index (κ3) is 8.08. The monoisotopic (exact) mass is 294 g/mol. The molecule has 0 saturated carbocycles. The molecule has 0 aromatic heterocycles. The minimum absolute atomic E-state index is 0.430. The minimum Gasteiger partial charge on any atom is -0.439 e. The van der Waals surface area contributed by atoms with Crippen LogP contribution in [0.15, 0.2) is 30.3 Å². The molecule has 0 fully saturated rings. The lowest BCUT2D eigenvalue weighted by molar-refractivity contribution is -0.321. The number of unbranched alkanes of at least 4 members (excludes halogenated alkanes) is 6. The van der Waals surface area contributed by atoms with Gasteiger partial charge >= 0.3 is 5.97 Å². The van der Waals surface area contributed by atoms with Crippen molar-refractivity contribution >= 4 is 0 Å². The average Bonchev–Trinajstić information content (AvgIpc) is 2.47. The standard InChI is InChI=1S/C18H30O3/c1-3-5-6-7-8-9-13-16-18(19,20-4-2)21-17-14-11-10-12-15-17/h10-12,14-15,19H,3-9,13,16H2,1-2H3. The zero-order valence-electron chi connectivity index (χ0n) is 13.5. The van der Waals surface area contributed by atoms with Crippen molar-refractivity contribution in [3.63, 3.8) is 0 Å². The quantitative estimate of drug-likeness (QED) is 0.440. The predicted molar refractivity (Wildman–Crippen MR) is 86.3 cm³/mol. The van der Waals surface area contributed by atoms with Crippen LogP contribution in [0.2, 0.25) is 0 Å². The molecule has 3 heteroatoms. The van der Waals surface area contributed by atoms with Gasteiger partial charge in [-0.2, -0.15) is 0 Å². The summed E-state index contributed by atoms with van der Waals surface area (Å²) < 4.78 is 11.0. The summed E-state index contributed by atoms with van der Waals surface area (Å²) in [5.74, 6) is -0.865. The molecule has 1 aromatic carbocycles. The van der Waals surface area contributed by atoms with E-state index in [1.54, 1.807) is 0 Å². The first-order valence-corrected chi connectivity index (χ1v) is 8.30. The maximum Gasteiger partial charge on any atom is 0.324 e. The van der Waals surface area contributed by atoms with Crippen LogP contribution in [-0.4, -0.2) is 17.7 Å². The van der Waals surface area contributed by atoms with Crippen molar-refractivity contribution in [2.24, 2.45) is 0 Å². The smallest absolute Gasteiger partial charge is 0.324 e. The van der Waals surface area contributed by atoms with E-state index in [9.17, 15) is 5.11 Å². The third-order valence-corrected chi connectivity index (χ3v) is 3.49. The Balaban J connectivity index is 2.31. The van der Waals surface area contributed by atoms with Gasteiger partial charge in [-0.25, -0.2) is 0 Å². The molecule has 1 N–H and O–H groups in total. The fourth-order valence-corrected chi connectivity index (χ4v) is 2.36. The van der Waals surface area contributed by atoms with Gasteiger partial charge in [-0.15, -0.1) is 0 Å². The van der Waals surface area contributed by atoms with E-state index in [0.717, 1.165) is 12.8 Å². The summed E-state index contributed by atoms with van der Waals surface area (Å²) in [6.07, 6.45) is 8.92. The van der Waals surface area contributed by atoms with Gasteiger partial charge in [0.25, 0.3) is 0 Å². The van der Waals surface area contributed by atoms with Crippen LogP contribution in [0.25, 0.3) is 0 Å². The molecule has 0 spiro atoms. The Hall–Kier alpha value is -1.06. The average molecular weight is 294 g/mol. The van der Waals surface area contributed by atoms with Crippen molar-refractivity contribution in [3.05, 3.63) is 30.3 Å². The number of ether oxygens (including phenoxy) is 2. The molecule has 21 heavy (non-hydrogen) atoms. The highest BCUT2D eigenvalue weighted by Crippen LogP contribution is 2.23. The van der Waals surface area contributed by atoms with Gasteiger partial charge < -0.3 is 14.6 Å². The number of para-hydroxylation sites is 1. The normalized spacial score (nSPS) is 13.9. The van der Waals surface area contributed by atoms with E-state index in [1.807, 2.05) is 37.3 Å². The second-order valence-electron chi connectivity index (χ2n) is 5.43. The third-order valence-electron chi connectivity index (χ3n) is 3.49. The molecule has 0 radical (unpaired) electrons. The van der Waals surface area contributed by atoms with Crippen LogP contribution >= 0.6 is 0 Å². The molecule has 0 saturated heterocycles. The van der Waals surface area contributed by atoms with Crippen molar-refractivity contribution in [1.82, 2.24) is 0 Å². The lowest BCUT2D eigenvalue weighted by atomic mass is 10.1. The summed E-state index contributed by atoms with van der Waals surface area (Å²) in [5, 5.41) is 10.5. The van der Waals surface area contributed by atoms with Crippen LogP contribution < -0.4 is 4.74 Å². The van der Waals surface area contributed by atoms with E-state index in [-0.39, 0.29) is 0 Å². The highest BCUT2D eigenvalue weighted by atomic mass is 16.8. The number of benzene rings is 1. The van der Waals surface area contributed by atoms with E-state index in [2.05, 4.69) is 6.92 Å². The Labute approximate surface area is 129 Å². The Morgan fingerprint density at radius 3 is 2.14 bits per heavy atom. The van der Waals surface area contributed by atoms with Gasteiger partial charge in [-0.1, -0.05) is 63.6 Å². The molecule has 3 nitrogen and oxygen atoms in total. The minimum atomic E-state index is -1.50. The second kappa shape index (κ2) is 10.6. The lowest BCUT2D eigenvalue weighted by Crippen LogP contribution is -2.39. The SMILES string of the molecule is CCCCCCCCCC(O)(OCC)Oc1ccccc1. The van der Waals surface area contributed by atoms with E-state index < -0.39 is 5.97 Å². The highest BCUT2D eigenvalue weighted by Gasteiger charge is 2.29. The van der Waals surface area contributed by atoms with Crippen molar-refractivity contribution < 1.29 is 14.6 Å².